The minimum absolute atomic E-state index is 0.0752. The molecule has 1 aromatic carbocycles. The molecular formula is C19H21ClF2N4. The Morgan fingerprint density at radius 1 is 1.50 bits per heavy atom. The van der Waals surface area contributed by atoms with Gasteiger partial charge in [-0.05, 0) is 48.6 Å². The van der Waals surface area contributed by atoms with Crippen LogP contribution in [0, 0.1) is 17.6 Å². The van der Waals surface area contributed by atoms with Gasteiger partial charge in [0, 0.05) is 24.3 Å². The summed E-state index contributed by atoms with van der Waals surface area (Å²) in [5.74, 6) is -1.45. The third kappa shape index (κ3) is 3.56. The number of hydrogen-bond acceptors (Lipinski definition) is 3. The number of hydrogen-bond donors (Lipinski definition) is 0. The summed E-state index contributed by atoms with van der Waals surface area (Å²) in [6, 6.07) is 1.46. The van der Waals surface area contributed by atoms with Crippen molar-refractivity contribution in [3.8, 4) is 0 Å². The van der Waals surface area contributed by atoms with Crippen LogP contribution in [-0.4, -0.2) is 28.7 Å². The number of halogens is 3. The van der Waals surface area contributed by atoms with Gasteiger partial charge < -0.3 is 0 Å². The van der Waals surface area contributed by atoms with Gasteiger partial charge in [-0.25, -0.2) is 8.78 Å². The van der Waals surface area contributed by atoms with Crippen LogP contribution in [0.4, 0.5) is 8.78 Å². The maximum absolute atomic E-state index is 14.4. The molecule has 26 heavy (non-hydrogen) atoms. The van der Waals surface area contributed by atoms with Crippen molar-refractivity contribution in [1.82, 2.24) is 9.78 Å². The van der Waals surface area contributed by atoms with Crippen molar-refractivity contribution >= 4 is 35.4 Å². The molecule has 0 radical (unpaired) electrons. The van der Waals surface area contributed by atoms with Gasteiger partial charge in [-0.2, -0.15) is 5.10 Å². The van der Waals surface area contributed by atoms with E-state index in [4.69, 9.17) is 11.6 Å². The number of aromatic nitrogens is 2. The van der Waals surface area contributed by atoms with E-state index in [9.17, 15) is 8.78 Å². The summed E-state index contributed by atoms with van der Waals surface area (Å²) in [4.78, 5) is 7.86. The molecule has 7 heteroatoms. The Bertz CT molecular complexity index is 872. The molecule has 0 N–H and O–H groups in total. The van der Waals surface area contributed by atoms with Crippen LogP contribution in [0.2, 0.25) is 0 Å². The molecule has 1 heterocycles. The van der Waals surface area contributed by atoms with Crippen LogP contribution in [0.5, 0.6) is 0 Å². The van der Waals surface area contributed by atoms with Crippen molar-refractivity contribution < 1.29 is 8.78 Å². The molecule has 0 aliphatic heterocycles. The fourth-order valence-electron chi connectivity index (χ4n) is 3.38. The summed E-state index contributed by atoms with van der Waals surface area (Å²) in [5.41, 5.74) is 1.92. The summed E-state index contributed by atoms with van der Waals surface area (Å²) in [6.07, 6.45) is 7.59. The van der Waals surface area contributed by atoms with E-state index in [-0.39, 0.29) is 23.4 Å². The van der Waals surface area contributed by atoms with Crippen LogP contribution < -0.4 is 0 Å². The molecule has 0 saturated heterocycles. The smallest absolute Gasteiger partial charge is 0.184 e. The highest BCUT2D eigenvalue weighted by molar-refractivity contribution is 6.18. The molecule has 0 amide bonds. The lowest BCUT2D eigenvalue weighted by Gasteiger charge is -2.08. The van der Waals surface area contributed by atoms with Crippen molar-refractivity contribution in [2.24, 2.45) is 15.9 Å². The average Bonchev–Trinajstić information content (AvgIpc) is 3.31. The highest BCUT2D eigenvalue weighted by Crippen LogP contribution is 2.53. The Morgan fingerprint density at radius 2 is 2.31 bits per heavy atom. The molecule has 0 bridgehead atoms. The Balaban J connectivity index is 1.98. The molecule has 2 aromatic rings. The highest BCUT2D eigenvalue weighted by atomic mass is 35.5. The van der Waals surface area contributed by atoms with Crippen molar-refractivity contribution in [2.75, 3.05) is 6.00 Å². The molecule has 138 valence electrons. The van der Waals surface area contributed by atoms with Gasteiger partial charge in [0.2, 0.25) is 0 Å². The zero-order valence-electron chi connectivity index (χ0n) is 14.6. The lowest BCUT2D eigenvalue weighted by Crippen LogP contribution is -2.03. The minimum atomic E-state index is -0.835. The van der Waals surface area contributed by atoms with Crippen LogP contribution in [0.25, 0.3) is 10.9 Å². The molecule has 4 nitrogen and oxygen atoms in total. The maximum Gasteiger partial charge on any atom is 0.184 e. The van der Waals surface area contributed by atoms with Gasteiger partial charge in [0.05, 0.1) is 6.20 Å². The average molecular weight is 379 g/mol. The van der Waals surface area contributed by atoms with Gasteiger partial charge in [-0.3, -0.25) is 14.7 Å². The first-order chi connectivity index (χ1) is 12.6. The Kier molecular flexibility index (Phi) is 5.81. The van der Waals surface area contributed by atoms with E-state index < -0.39 is 11.6 Å². The van der Waals surface area contributed by atoms with E-state index in [0.717, 1.165) is 30.4 Å². The van der Waals surface area contributed by atoms with Gasteiger partial charge in [-0.15, -0.1) is 11.6 Å². The number of nitrogens with zero attached hydrogens (tertiary/aromatic N) is 4. The molecule has 0 spiro atoms. The number of rotatable bonds is 8. The molecule has 2 unspecified atom stereocenters. The number of allylic oxidation sites excluding steroid dienone is 1. The second kappa shape index (κ2) is 8.08. The van der Waals surface area contributed by atoms with Crippen LogP contribution in [0.3, 0.4) is 0 Å². The predicted octanol–water partition coefficient (Wildman–Crippen LogP) is 5.07. The minimum Gasteiger partial charge on any atom is -0.277 e. The first-order valence-corrected chi connectivity index (χ1v) is 9.20. The summed E-state index contributed by atoms with van der Waals surface area (Å²) >= 11 is 5.61. The third-order valence-corrected chi connectivity index (χ3v) is 4.88. The normalized spacial score (nSPS) is 20.2. The predicted molar refractivity (Wildman–Crippen MR) is 102 cm³/mol. The van der Waals surface area contributed by atoms with Crippen molar-refractivity contribution in [3.05, 3.63) is 41.2 Å². The molecule has 1 saturated carbocycles. The standard InChI is InChI=1S/C19H21ClF2N4/c1-3-4-5-26-19-16(10-25-26)15(7-17(21)18(19)22)14-6-13(14)12(8-23-2)9-24-11-20/h7-10,13-14H,2-6,11H2,1H3/b12-8+,24-9-. The largest absolute Gasteiger partial charge is 0.277 e. The molecular weight excluding hydrogens is 358 g/mol. The summed E-state index contributed by atoms with van der Waals surface area (Å²) in [7, 11) is 0. The molecule has 3 rings (SSSR count). The Hall–Kier alpha value is -2.08. The van der Waals surface area contributed by atoms with E-state index in [0.29, 0.717) is 11.9 Å². The number of aliphatic imine (C=N–C) groups is 2. The van der Waals surface area contributed by atoms with Gasteiger partial charge in [0.25, 0.3) is 0 Å². The summed E-state index contributed by atoms with van der Waals surface area (Å²) in [6.45, 7) is 6.10. The zero-order chi connectivity index (χ0) is 18.7. The fraction of sp³-hybridized carbons (Fsp3) is 0.421. The van der Waals surface area contributed by atoms with Gasteiger partial charge in [0.15, 0.2) is 11.6 Å². The maximum atomic E-state index is 14.4. The molecule has 1 fully saturated rings. The Morgan fingerprint density at radius 3 is 3.00 bits per heavy atom. The van der Waals surface area contributed by atoms with E-state index in [1.165, 1.54) is 6.07 Å². The van der Waals surface area contributed by atoms with E-state index in [1.54, 1.807) is 23.3 Å². The summed E-state index contributed by atoms with van der Waals surface area (Å²) in [5, 5.41) is 4.96. The van der Waals surface area contributed by atoms with Crippen LogP contribution >= 0.6 is 11.6 Å². The summed E-state index contributed by atoms with van der Waals surface area (Å²) < 4.78 is 30.2. The van der Waals surface area contributed by atoms with E-state index in [2.05, 4.69) is 21.8 Å². The van der Waals surface area contributed by atoms with Crippen LogP contribution in [-0.2, 0) is 6.54 Å². The zero-order valence-corrected chi connectivity index (χ0v) is 15.4. The van der Waals surface area contributed by atoms with Crippen molar-refractivity contribution in [3.63, 3.8) is 0 Å². The quantitative estimate of drug-likeness (QED) is 0.359. The van der Waals surface area contributed by atoms with E-state index >= 15 is 0 Å². The second-order valence-electron chi connectivity index (χ2n) is 6.44. The Labute approximate surface area is 156 Å². The lowest BCUT2D eigenvalue weighted by atomic mass is 10.0. The number of aryl methyl sites for hydroxylation is 1. The van der Waals surface area contributed by atoms with Crippen molar-refractivity contribution in [1.29, 1.82) is 0 Å². The number of fused-ring (bicyclic) bond motifs is 1. The molecule has 1 aliphatic carbocycles. The van der Waals surface area contributed by atoms with Crippen molar-refractivity contribution in [2.45, 2.75) is 38.6 Å². The van der Waals surface area contributed by atoms with E-state index in [1.807, 2.05) is 6.92 Å². The first kappa shape index (κ1) is 18.7. The van der Waals surface area contributed by atoms with Gasteiger partial charge in [-0.1, -0.05) is 13.3 Å². The van der Waals surface area contributed by atoms with Gasteiger partial charge in [0.1, 0.15) is 11.5 Å². The lowest BCUT2D eigenvalue weighted by molar-refractivity contribution is 0.502. The number of alkyl halides is 1. The molecule has 2 atom stereocenters. The topological polar surface area (TPSA) is 42.5 Å². The number of benzene rings is 1. The first-order valence-electron chi connectivity index (χ1n) is 8.67. The van der Waals surface area contributed by atoms with Crippen LogP contribution in [0.15, 0.2) is 34.0 Å². The monoisotopic (exact) mass is 378 g/mol. The SMILES string of the molecule is C=N/C=C(\C=N/CCl)C1CC1c1cc(F)c(F)c2c1cnn2CCCC. The number of unbranched alkanes of at least 4 members (excludes halogenated alkanes) is 1. The van der Waals surface area contributed by atoms with Crippen LogP contribution in [0.1, 0.15) is 37.7 Å². The van der Waals surface area contributed by atoms with Gasteiger partial charge >= 0.3 is 0 Å². The molecule has 1 aliphatic rings. The fourth-order valence-corrected chi connectivity index (χ4v) is 3.45. The molecule has 1 aromatic heterocycles. The third-order valence-electron chi connectivity index (χ3n) is 4.74. The second-order valence-corrected chi connectivity index (χ2v) is 6.68. The highest BCUT2D eigenvalue weighted by Gasteiger charge is 2.42.